The maximum atomic E-state index is 13.6. The number of hydrogen-bond acceptors (Lipinski definition) is 5. The highest BCUT2D eigenvalue weighted by molar-refractivity contribution is 7.98. The summed E-state index contributed by atoms with van der Waals surface area (Å²) in [6.45, 7) is 6.30. The molecule has 186 valence electrons. The first-order chi connectivity index (χ1) is 16.3. The van der Waals surface area contributed by atoms with Gasteiger partial charge in [0, 0.05) is 17.8 Å². The minimum atomic E-state index is -4.73. The maximum Gasteiger partial charge on any atom is 0.435 e. The zero-order chi connectivity index (χ0) is 26.0. The lowest BCUT2D eigenvalue weighted by Crippen LogP contribution is -2.10. The quantitative estimate of drug-likeness (QED) is 0.139. The molecule has 0 amide bonds. The zero-order valence-corrected chi connectivity index (χ0v) is 21.6. The van der Waals surface area contributed by atoms with Gasteiger partial charge in [0.05, 0.1) is 22.4 Å². The molecular weight excluding hydrogens is 522 g/mol. The average molecular weight is 544 g/mol. The molecule has 0 saturated carbocycles. The van der Waals surface area contributed by atoms with Crippen molar-refractivity contribution in [2.24, 2.45) is 12.2 Å². The van der Waals surface area contributed by atoms with E-state index in [0.29, 0.717) is 10.8 Å². The van der Waals surface area contributed by atoms with E-state index in [1.165, 1.54) is 37.0 Å². The van der Waals surface area contributed by atoms with Crippen molar-refractivity contribution in [2.45, 2.75) is 43.1 Å². The third-order valence-electron chi connectivity index (χ3n) is 4.96. The summed E-state index contributed by atoms with van der Waals surface area (Å²) in [5, 5.41) is 7.68. The van der Waals surface area contributed by atoms with Crippen LogP contribution in [0.15, 0.2) is 52.6 Å². The first kappa shape index (κ1) is 27.1. The summed E-state index contributed by atoms with van der Waals surface area (Å²) in [7, 11) is 1.41. The zero-order valence-electron chi connectivity index (χ0n) is 19.3. The molecule has 35 heavy (non-hydrogen) atoms. The molecule has 5 nitrogen and oxygen atoms in total. The summed E-state index contributed by atoms with van der Waals surface area (Å²) < 4.78 is 42.0. The lowest BCUT2D eigenvalue weighted by Gasteiger charge is -2.19. The van der Waals surface area contributed by atoms with Gasteiger partial charge in [0.15, 0.2) is 5.69 Å². The summed E-state index contributed by atoms with van der Waals surface area (Å²) in [5.74, 6) is -0.532. The van der Waals surface area contributed by atoms with E-state index in [1.54, 1.807) is 0 Å². The lowest BCUT2D eigenvalue weighted by molar-refractivity contribution is -0.141. The van der Waals surface area contributed by atoms with Crippen molar-refractivity contribution >= 4 is 47.1 Å². The molecule has 0 saturated heterocycles. The largest absolute Gasteiger partial charge is 0.435 e. The van der Waals surface area contributed by atoms with Crippen molar-refractivity contribution in [3.63, 3.8) is 0 Å². The van der Waals surface area contributed by atoms with E-state index in [0.717, 1.165) is 22.0 Å². The van der Waals surface area contributed by atoms with E-state index in [1.807, 2.05) is 24.3 Å². The molecule has 2 aromatic carbocycles. The number of alkyl halides is 3. The number of aryl methyl sites for hydroxylation is 1. The van der Waals surface area contributed by atoms with Gasteiger partial charge in [0.25, 0.3) is 0 Å². The minimum Gasteiger partial charge on any atom is -0.313 e. The predicted octanol–water partition coefficient (Wildman–Crippen LogP) is 7.53. The second kappa shape index (κ2) is 10.6. The van der Waals surface area contributed by atoms with Gasteiger partial charge in [-0.2, -0.15) is 18.3 Å². The molecule has 0 aliphatic rings. The SMILES string of the molecule is Cn1nc(C(F)(F)F)c(/C=N/OC(=O)c2ccc(Cl)cc2Cl)c1SCc1ccc(C(C)(C)C)cc1. The fraction of sp³-hybridized carbons (Fsp3) is 0.292. The van der Waals surface area contributed by atoms with E-state index in [4.69, 9.17) is 28.0 Å². The summed E-state index contributed by atoms with van der Waals surface area (Å²) in [5.41, 5.74) is 0.628. The van der Waals surface area contributed by atoms with Gasteiger partial charge >= 0.3 is 12.1 Å². The molecule has 1 heterocycles. The molecule has 0 N–H and O–H groups in total. The Morgan fingerprint density at radius 2 is 1.80 bits per heavy atom. The van der Waals surface area contributed by atoms with Gasteiger partial charge in [0.2, 0.25) is 0 Å². The van der Waals surface area contributed by atoms with Crippen LogP contribution in [0.2, 0.25) is 10.0 Å². The van der Waals surface area contributed by atoms with Crippen LogP contribution in [0.4, 0.5) is 13.2 Å². The van der Waals surface area contributed by atoms with E-state index < -0.39 is 17.8 Å². The molecule has 3 aromatic rings. The van der Waals surface area contributed by atoms with Crippen LogP contribution in [0.3, 0.4) is 0 Å². The molecule has 0 spiro atoms. The Bertz CT molecular complexity index is 1250. The van der Waals surface area contributed by atoms with Crippen molar-refractivity contribution in [2.75, 3.05) is 0 Å². The van der Waals surface area contributed by atoms with Crippen LogP contribution in [0.1, 0.15) is 53.5 Å². The number of nitrogens with zero attached hydrogens (tertiary/aromatic N) is 3. The highest BCUT2D eigenvalue weighted by Gasteiger charge is 2.38. The van der Waals surface area contributed by atoms with Crippen molar-refractivity contribution in [3.05, 3.63) is 80.5 Å². The Kier molecular flexibility index (Phi) is 8.24. The Labute approximate surface area is 215 Å². The number of hydrogen-bond donors (Lipinski definition) is 0. The van der Waals surface area contributed by atoms with E-state index in [2.05, 4.69) is 31.0 Å². The molecule has 3 rings (SSSR count). The second-order valence-corrected chi connectivity index (χ2v) is 10.5. The highest BCUT2D eigenvalue weighted by Crippen LogP contribution is 2.36. The fourth-order valence-corrected chi connectivity index (χ4v) is 4.62. The second-order valence-electron chi connectivity index (χ2n) is 8.66. The van der Waals surface area contributed by atoms with Crippen molar-refractivity contribution in [3.8, 4) is 0 Å². The molecule has 11 heteroatoms. The monoisotopic (exact) mass is 543 g/mol. The van der Waals surface area contributed by atoms with Crippen molar-refractivity contribution in [1.82, 2.24) is 9.78 Å². The number of halogens is 5. The van der Waals surface area contributed by atoms with Gasteiger partial charge in [-0.15, -0.1) is 11.8 Å². The van der Waals surface area contributed by atoms with Crippen LogP contribution < -0.4 is 0 Å². The smallest absolute Gasteiger partial charge is 0.313 e. The van der Waals surface area contributed by atoms with Crippen LogP contribution in [0.5, 0.6) is 0 Å². The number of rotatable bonds is 6. The van der Waals surface area contributed by atoms with Gasteiger partial charge in [-0.1, -0.05) is 73.4 Å². The molecule has 1 aromatic heterocycles. The Balaban J connectivity index is 1.83. The molecule has 0 radical (unpaired) electrons. The standard InChI is InChI=1S/C24H22Cl2F3N3O2S/c1-23(2,3)15-7-5-14(6-8-15)13-35-21-18(20(24(27,28)29)31-32(21)4)12-30-34-22(33)17-10-9-16(25)11-19(17)26/h5-12H,13H2,1-4H3/b30-12+. The number of oxime groups is 1. The summed E-state index contributed by atoms with van der Waals surface area (Å²) in [4.78, 5) is 17.0. The number of carbonyl (C=O) groups is 1. The van der Waals surface area contributed by atoms with Gasteiger partial charge < -0.3 is 4.84 Å². The Morgan fingerprint density at radius 1 is 1.14 bits per heavy atom. The van der Waals surface area contributed by atoms with E-state index >= 15 is 0 Å². The summed E-state index contributed by atoms with van der Waals surface area (Å²) in [6.07, 6.45) is -3.89. The number of thioether (sulfide) groups is 1. The van der Waals surface area contributed by atoms with Crippen molar-refractivity contribution in [1.29, 1.82) is 0 Å². The molecule has 0 unspecified atom stereocenters. The first-order valence-electron chi connectivity index (χ1n) is 10.3. The molecular formula is C24H22Cl2F3N3O2S. The fourth-order valence-electron chi connectivity index (χ4n) is 3.11. The molecule has 0 atom stereocenters. The van der Waals surface area contributed by atoms with E-state index in [-0.39, 0.29) is 26.6 Å². The Morgan fingerprint density at radius 3 is 2.37 bits per heavy atom. The minimum absolute atomic E-state index is 0.00731. The van der Waals surface area contributed by atoms with Gasteiger partial charge in [-0.25, -0.2) is 4.79 Å². The number of carbonyl (C=O) groups excluding carboxylic acids is 1. The molecule has 0 bridgehead atoms. The third kappa shape index (κ3) is 6.80. The normalized spacial score (nSPS) is 12.4. The van der Waals surface area contributed by atoms with Crippen LogP contribution in [-0.4, -0.2) is 22.0 Å². The lowest BCUT2D eigenvalue weighted by atomic mass is 9.87. The highest BCUT2D eigenvalue weighted by atomic mass is 35.5. The molecule has 0 aliphatic heterocycles. The molecule has 0 aliphatic carbocycles. The van der Waals surface area contributed by atoms with Crippen molar-refractivity contribution < 1.29 is 22.8 Å². The molecule has 0 fully saturated rings. The van der Waals surface area contributed by atoms with Crippen LogP contribution >= 0.6 is 35.0 Å². The predicted molar refractivity (Wildman–Crippen MR) is 132 cm³/mol. The van der Waals surface area contributed by atoms with Crippen LogP contribution in [0.25, 0.3) is 0 Å². The summed E-state index contributed by atoms with van der Waals surface area (Å²) >= 11 is 12.9. The van der Waals surface area contributed by atoms with Crippen LogP contribution in [0, 0.1) is 0 Å². The number of aromatic nitrogens is 2. The number of benzene rings is 2. The van der Waals surface area contributed by atoms with Gasteiger partial charge in [-0.3, -0.25) is 4.68 Å². The topological polar surface area (TPSA) is 56.5 Å². The van der Waals surface area contributed by atoms with E-state index in [9.17, 15) is 18.0 Å². The Hall–Kier alpha value is -2.49. The average Bonchev–Trinajstić information content (AvgIpc) is 3.07. The maximum absolute atomic E-state index is 13.6. The first-order valence-corrected chi connectivity index (χ1v) is 12.1. The third-order valence-corrected chi connectivity index (χ3v) is 6.74. The van der Waals surface area contributed by atoms with Crippen LogP contribution in [-0.2, 0) is 29.2 Å². The summed E-state index contributed by atoms with van der Waals surface area (Å²) in [6, 6.07) is 12.0. The van der Waals surface area contributed by atoms with Gasteiger partial charge in [-0.05, 0) is 34.7 Å². The van der Waals surface area contributed by atoms with Gasteiger partial charge in [0.1, 0.15) is 5.03 Å².